The average molecular weight is 237 g/mol. The van der Waals surface area contributed by atoms with Crippen LogP contribution in [0.2, 0.25) is 0 Å². The van der Waals surface area contributed by atoms with E-state index in [0.717, 1.165) is 19.5 Å². The minimum absolute atomic E-state index is 0.0260. The molecule has 0 aromatic heterocycles. The highest BCUT2D eigenvalue weighted by molar-refractivity contribution is 5.99. The molecule has 1 amide bonds. The van der Waals surface area contributed by atoms with Crippen LogP contribution in [0.25, 0.3) is 0 Å². The van der Waals surface area contributed by atoms with Crippen molar-refractivity contribution in [2.75, 3.05) is 25.0 Å². The number of likely N-dealkylation sites (N-methyl/N-ethyl adjacent to an activating group) is 1. The lowest BCUT2D eigenvalue weighted by Crippen LogP contribution is -2.35. The molecule has 1 atom stereocenters. The quantitative estimate of drug-likeness (QED) is 0.814. The maximum Gasteiger partial charge on any atom is 0.253 e. The number of hydrogen-bond acceptors (Lipinski definition) is 3. The van der Waals surface area contributed by atoms with E-state index in [-0.39, 0.29) is 11.6 Å². The van der Waals surface area contributed by atoms with Gasteiger partial charge in [0, 0.05) is 19.6 Å². The predicted octanol–water partition coefficient (Wildman–Crippen LogP) is 0.723. The van der Waals surface area contributed by atoms with Crippen LogP contribution in [0.4, 0.5) is 10.1 Å². The van der Waals surface area contributed by atoms with Crippen molar-refractivity contribution in [2.24, 2.45) is 5.73 Å². The molecule has 0 bridgehead atoms. The number of halogens is 1. The number of carbonyl (C=O) groups excluding carboxylic acids is 1. The Hall–Kier alpha value is -1.62. The number of hydrogen-bond donors (Lipinski definition) is 2. The van der Waals surface area contributed by atoms with E-state index in [4.69, 9.17) is 5.73 Å². The monoisotopic (exact) mass is 237 g/mol. The van der Waals surface area contributed by atoms with Gasteiger partial charge in [0.2, 0.25) is 0 Å². The van der Waals surface area contributed by atoms with Gasteiger partial charge in [-0.3, -0.25) is 4.79 Å². The van der Waals surface area contributed by atoms with E-state index in [1.165, 1.54) is 6.07 Å². The summed E-state index contributed by atoms with van der Waals surface area (Å²) in [5.41, 5.74) is 5.77. The van der Waals surface area contributed by atoms with E-state index in [1.807, 2.05) is 11.9 Å². The largest absolute Gasteiger partial charge is 0.370 e. The van der Waals surface area contributed by atoms with Crippen LogP contribution in [0.5, 0.6) is 0 Å². The maximum absolute atomic E-state index is 13.6. The molecule has 4 nitrogen and oxygen atoms in total. The zero-order valence-corrected chi connectivity index (χ0v) is 9.74. The Balaban J connectivity index is 2.36. The first-order valence-electron chi connectivity index (χ1n) is 5.63. The molecule has 1 saturated heterocycles. The van der Waals surface area contributed by atoms with Crippen LogP contribution in [0.1, 0.15) is 16.8 Å². The zero-order valence-electron chi connectivity index (χ0n) is 9.74. The van der Waals surface area contributed by atoms with Crippen LogP contribution in [0, 0.1) is 5.82 Å². The number of primary amides is 1. The number of nitrogens with one attached hydrogen (secondary N) is 1. The van der Waals surface area contributed by atoms with Gasteiger partial charge in [-0.25, -0.2) is 4.39 Å². The second kappa shape index (κ2) is 4.71. The van der Waals surface area contributed by atoms with Gasteiger partial charge in [0.15, 0.2) is 0 Å². The lowest BCUT2D eigenvalue weighted by atomic mass is 10.1. The summed E-state index contributed by atoms with van der Waals surface area (Å²) in [5, 5.41) is 3.23. The van der Waals surface area contributed by atoms with Gasteiger partial charge < -0.3 is 16.0 Å². The molecule has 1 aromatic carbocycles. The third-order valence-corrected chi connectivity index (χ3v) is 3.20. The fourth-order valence-corrected chi connectivity index (χ4v) is 2.22. The van der Waals surface area contributed by atoms with Gasteiger partial charge in [0.1, 0.15) is 5.82 Å². The number of benzene rings is 1. The Kier molecular flexibility index (Phi) is 3.28. The van der Waals surface area contributed by atoms with Crippen LogP contribution in [-0.4, -0.2) is 32.1 Å². The van der Waals surface area contributed by atoms with Gasteiger partial charge in [-0.05, 0) is 25.1 Å². The molecule has 1 unspecified atom stereocenters. The van der Waals surface area contributed by atoms with Gasteiger partial charge in [-0.15, -0.1) is 0 Å². The molecule has 5 heteroatoms. The standard InChI is InChI=1S/C12H16FN3O/c1-16(8-5-6-15-7-8)10-4-2-3-9(13)11(10)12(14)17/h2-4,8,15H,5-7H2,1H3,(H2,14,17). The van der Waals surface area contributed by atoms with Gasteiger partial charge in [-0.1, -0.05) is 6.07 Å². The molecule has 0 radical (unpaired) electrons. The molecule has 1 aliphatic heterocycles. The van der Waals surface area contributed by atoms with E-state index in [1.54, 1.807) is 12.1 Å². The molecular weight excluding hydrogens is 221 g/mol. The van der Waals surface area contributed by atoms with Crippen LogP contribution < -0.4 is 16.0 Å². The molecule has 0 spiro atoms. The molecule has 2 rings (SSSR count). The SMILES string of the molecule is CN(c1cccc(F)c1C(N)=O)C1CCNC1. The van der Waals surface area contributed by atoms with Crippen molar-refractivity contribution in [1.29, 1.82) is 0 Å². The number of anilines is 1. The highest BCUT2D eigenvalue weighted by Crippen LogP contribution is 2.25. The van der Waals surface area contributed by atoms with Crippen molar-refractivity contribution < 1.29 is 9.18 Å². The molecule has 3 N–H and O–H groups in total. The highest BCUT2D eigenvalue weighted by atomic mass is 19.1. The number of nitrogens with two attached hydrogens (primary N) is 1. The number of rotatable bonds is 3. The summed E-state index contributed by atoms with van der Waals surface area (Å²) >= 11 is 0. The first kappa shape index (κ1) is 11.9. The summed E-state index contributed by atoms with van der Waals surface area (Å²) in [4.78, 5) is 13.2. The van der Waals surface area contributed by atoms with Crippen molar-refractivity contribution in [3.05, 3.63) is 29.6 Å². The Bertz CT molecular complexity index is 430. The van der Waals surface area contributed by atoms with Gasteiger partial charge in [0.25, 0.3) is 5.91 Å². The molecule has 1 heterocycles. The lowest BCUT2D eigenvalue weighted by molar-refractivity contribution is 0.0997. The van der Waals surface area contributed by atoms with E-state index in [2.05, 4.69) is 5.32 Å². The van der Waals surface area contributed by atoms with Crippen molar-refractivity contribution >= 4 is 11.6 Å². The van der Waals surface area contributed by atoms with Crippen molar-refractivity contribution in [2.45, 2.75) is 12.5 Å². The fourth-order valence-electron chi connectivity index (χ4n) is 2.22. The van der Waals surface area contributed by atoms with Crippen molar-refractivity contribution in [3.63, 3.8) is 0 Å². The smallest absolute Gasteiger partial charge is 0.253 e. The third-order valence-electron chi connectivity index (χ3n) is 3.20. The summed E-state index contributed by atoms with van der Waals surface area (Å²) in [6.45, 7) is 1.78. The fraction of sp³-hybridized carbons (Fsp3) is 0.417. The molecule has 0 aliphatic carbocycles. The Morgan fingerprint density at radius 3 is 2.94 bits per heavy atom. The van der Waals surface area contributed by atoms with Crippen LogP contribution in [0.15, 0.2) is 18.2 Å². The summed E-state index contributed by atoms with van der Waals surface area (Å²) in [6, 6.07) is 4.84. The second-order valence-electron chi connectivity index (χ2n) is 4.26. The Morgan fingerprint density at radius 1 is 1.59 bits per heavy atom. The topological polar surface area (TPSA) is 58.4 Å². The van der Waals surface area contributed by atoms with Gasteiger partial charge in [0.05, 0.1) is 11.3 Å². The predicted molar refractivity (Wildman–Crippen MR) is 64.6 cm³/mol. The highest BCUT2D eigenvalue weighted by Gasteiger charge is 2.24. The first-order chi connectivity index (χ1) is 8.11. The molecule has 1 fully saturated rings. The molecule has 1 aliphatic rings. The number of amides is 1. The summed E-state index contributed by atoms with van der Waals surface area (Å²) in [6.07, 6.45) is 0.977. The normalized spacial score (nSPS) is 19.3. The van der Waals surface area contributed by atoms with Gasteiger partial charge >= 0.3 is 0 Å². The molecular formula is C12H16FN3O. The minimum Gasteiger partial charge on any atom is -0.370 e. The van der Waals surface area contributed by atoms with Crippen molar-refractivity contribution in [3.8, 4) is 0 Å². The van der Waals surface area contributed by atoms with E-state index >= 15 is 0 Å². The molecule has 92 valence electrons. The zero-order chi connectivity index (χ0) is 12.4. The first-order valence-corrected chi connectivity index (χ1v) is 5.63. The van der Waals surface area contributed by atoms with E-state index in [9.17, 15) is 9.18 Å². The maximum atomic E-state index is 13.6. The summed E-state index contributed by atoms with van der Waals surface area (Å²) < 4.78 is 13.6. The Labute approximate surface area is 99.6 Å². The summed E-state index contributed by atoms with van der Waals surface area (Å²) in [5.74, 6) is -1.29. The number of nitrogens with zero attached hydrogens (tertiary/aromatic N) is 1. The van der Waals surface area contributed by atoms with Crippen molar-refractivity contribution in [1.82, 2.24) is 5.32 Å². The lowest BCUT2D eigenvalue weighted by Gasteiger charge is -2.27. The van der Waals surface area contributed by atoms with E-state index < -0.39 is 11.7 Å². The van der Waals surface area contributed by atoms with E-state index in [0.29, 0.717) is 5.69 Å². The third kappa shape index (κ3) is 2.24. The van der Waals surface area contributed by atoms with Gasteiger partial charge in [-0.2, -0.15) is 0 Å². The second-order valence-corrected chi connectivity index (χ2v) is 4.26. The molecule has 1 aromatic rings. The number of carbonyl (C=O) groups is 1. The molecule has 17 heavy (non-hydrogen) atoms. The molecule has 0 saturated carbocycles. The Morgan fingerprint density at radius 2 is 2.35 bits per heavy atom. The summed E-state index contributed by atoms with van der Waals surface area (Å²) in [7, 11) is 1.86. The van der Waals surface area contributed by atoms with Crippen LogP contribution >= 0.6 is 0 Å². The minimum atomic E-state index is -0.726. The van der Waals surface area contributed by atoms with Crippen LogP contribution in [0.3, 0.4) is 0 Å². The van der Waals surface area contributed by atoms with Crippen LogP contribution in [-0.2, 0) is 0 Å². The average Bonchev–Trinajstić information content (AvgIpc) is 2.80.